The van der Waals surface area contributed by atoms with Crippen LogP contribution in [0.4, 0.5) is 17.6 Å². The minimum Gasteiger partial charge on any atom is -0.348 e. The zero-order valence-corrected chi connectivity index (χ0v) is 19.3. The summed E-state index contributed by atoms with van der Waals surface area (Å²) in [6.45, 7) is 3.95. The molecule has 1 aromatic heterocycles. The minimum absolute atomic E-state index is 0.143. The standard InChI is InChI=1S/C26H25F4N3O2/c1-17(2)33(25(35)19-7-3-8-20(14-19)26(28,29)30)16-23(34)32-13-12-31-11-5-10-22(31)24(32)18-6-4-9-21(27)15-18/h3-11,14-15,17,24H,12-13,16H2,1-2H3. The molecule has 0 radical (unpaired) electrons. The van der Waals surface area contributed by atoms with E-state index in [1.807, 2.05) is 22.9 Å². The van der Waals surface area contributed by atoms with Crippen molar-refractivity contribution in [1.82, 2.24) is 14.4 Å². The van der Waals surface area contributed by atoms with Crippen LogP contribution in [-0.2, 0) is 17.5 Å². The summed E-state index contributed by atoms with van der Waals surface area (Å²) in [5, 5.41) is 0. The second-order valence-electron chi connectivity index (χ2n) is 8.78. The first-order valence-electron chi connectivity index (χ1n) is 11.2. The summed E-state index contributed by atoms with van der Waals surface area (Å²) in [7, 11) is 0. The third-order valence-electron chi connectivity index (χ3n) is 6.15. The van der Waals surface area contributed by atoms with Gasteiger partial charge in [0.15, 0.2) is 0 Å². The number of fused-ring (bicyclic) bond motifs is 1. The number of benzene rings is 2. The molecule has 3 aromatic rings. The van der Waals surface area contributed by atoms with Gasteiger partial charge in [-0.15, -0.1) is 0 Å². The Balaban J connectivity index is 1.63. The fraction of sp³-hybridized carbons (Fsp3) is 0.308. The number of amides is 2. The summed E-state index contributed by atoms with van der Waals surface area (Å²) in [6.07, 6.45) is -2.70. The molecule has 0 saturated carbocycles. The lowest BCUT2D eigenvalue weighted by atomic mass is 9.99. The van der Waals surface area contributed by atoms with Crippen LogP contribution in [0.2, 0.25) is 0 Å². The normalized spacial score (nSPS) is 15.7. The lowest BCUT2D eigenvalue weighted by Gasteiger charge is -2.39. The summed E-state index contributed by atoms with van der Waals surface area (Å²) < 4.78 is 55.5. The molecule has 0 bridgehead atoms. The number of hydrogen-bond donors (Lipinski definition) is 0. The van der Waals surface area contributed by atoms with Gasteiger partial charge in [-0.3, -0.25) is 9.59 Å². The maximum Gasteiger partial charge on any atom is 0.416 e. The molecule has 1 unspecified atom stereocenters. The van der Waals surface area contributed by atoms with E-state index < -0.39 is 35.5 Å². The summed E-state index contributed by atoms with van der Waals surface area (Å²) in [4.78, 5) is 29.5. The molecule has 2 aromatic carbocycles. The van der Waals surface area contributed by atoms with E-state index in [2.05, 4.69) is 0 Å². The van der Waals surface area contributed by atoms with E-state index in [1.54, 1.807) is 30.9 Å². The average molecular weight is 487 g/mol. The molecule has 0 aliphatic carbocycles. The van der Waals surface area contributed by atoms with Gasteiger partial charge in [0, 0.05) is 36.6 Å². The quantitative estimate of drug-likeness (QED) is 0.469. The zero-order valence-electron chi connectivity index (χ0n) is 19.3. The molecule has 9 heteroatoms. The molecule has 1 atom stereocenters. The molecular weight excluding hydrogens is 462 g/mol. The summed E-state index contributed by atoms with van der Waals surface area (Å²) in [5.74, 6) is -1.47. The van der Waals surface area contributed by atoms with Crippen LogP contribution < -0.4 is 0 Å². The maximum atomic E-state index is 14.0. The van der Waals surface area contributed by atoms with Gasteiger partial charge in [-0.05, 0) is 61.9 Å². The van der Waals surface area contributed by atoms with Crippen molar-refractivity contribution in [2.45, 2.75) is 38.7 Å². The molecule has 0 fully saturated rings. The number of rotatable bonds is 5. The molecule has 1 aliphatic heterocycles. The highest BCUT2D eigenvalue weighted by molar-refractivity contribution is 5.97. The number of halogens is 4. The maximum absolute atomic E-state index is 14.0. The van der Waals surface area contributed by atoms with Gasteiger partial charge in [-0.25, -0.2) is 4.39 Å². The van der Waals surface area contributed by atoms with Crippen molar-refractivity contribution in [3.8, 4) is 0 Å². The van der Waals surface area contributed by atoms with Gasteiger partial charge in [0.1, 0.15) is 12.4 Å². The van der Waals surface area contributed by atoms with Crippen molar-refractivity contribution in [2.75, 3.05) is 13.1 Å². The molecule has 5 nitrogen and oxygen atoms in total. The van der Waals surface area contributed by atoms with Crippen LogP contribution in [-0.4, -0.2) is 45.3 Å². The predicted molar refractivity (Wildman–Crippen MR) is 122 cm³/mol. The van der Waals surface area contributed by atoms with Crippen molar-refractivity contribution < 1.29 is 27.2 Å². The molecule has 1 aliphatic rings. The van der Waals surface area contributed by atoms with Crippen LogP contribution >= 0.6 is 0 Å². The van der Waals surface area contributed by atoms with Gasteiger partial charge in [0.05, 0.1) is 11.6 Å². The Hall–Kier alpha value is -3.62. The fourth-order valence-electron chi connectivity index (χ4n) is 4.40. The Morgan fingerprint density at radius 3 is 2.46 bits per heavy atom. The van der Waals surface area contributed by atoms with E-state index in [1.165, 1.54) is 29.2 Å². The van der Waals surface area contributed by atoms with Crippen molar-refractivity contribution in [1.29, 1.82) is 0 Å². The minimum atomic E-state index is -4.59. The van der Waals surface area contributed by atoms with Crippen molar-refractivity contribution >= 4 is 11.8 Å². The molecule has 0 spiro atoms. The van der Waals surface area contributed by atoms with Gasteiger partial charge in [0.2, 0.25) is 5.91 Å². The van der Waals surface area contributed by atoms with Gasteiger partial charge < -0.3 is 14.4 Å². The van der Waals surface area contributed by atoms with Crippen molar-refractivity contribution in [3.05, 3.63) is 95.1 Å². The number of alkyl halides is 3. The molecule has 184 valence electrons. The summed E-state index contributed by atoms with van der Waals surface area (Å²) >= 11 is 0. The van der Waals surface area contributed by atoms with Crippen LogP contribution in [0.5, 0.6) is 0 Å². The van der Waals surface area contributed by atoms with E-state index in [0.717, 1.165) is 17.8 Å². The predicted octanol–water partition coefficient (Wildman–Crippen LogP) is 5.13. The smallest absolute Gasteiger partial charge is 0.348 e. The first-order valence-corrected chi connectivity index (χ1v) is 11.2. The lowest BCUT2D eigenvalue weighted by molar-refractivity contribution is -0.137. The average Bonchev–Trinajstić information content (AvgIpc) is 3.29. The Morgan fingerprint density at radius 2 is 1.77 bits per heavy atom. The molecule has 2 heterocycles. The van der Waals surface area contributed by atoms with Gasteiger partial charge in [-0.2, -0.15) is 13.2 Å². The van der Waals surface area contributed by atoms with Crippen LogP contribution in [0.25, 0.3) is 0 Å². The number of hydrogen-bond acceptors (Lipinski definition) is 2. The zero-order chi connectivity index (χ0) is 25.3. The molecule has 35 heavy (non-hydrogen) atoms. The molecule has 0 saturated heterocycles. The van der Waals surface area contributed by atoms with Crippen molar-refractivity contribution in [3.63, 3.8) is 0 Å². The Morgan fingerprint density at radius 1 is 1.03 bits per heavy atom. The Kier molecular flexibility index (Phi) is 6.69. The first-order chi connectivity index (χ1) is 16.6. The number of aromatic nitrogens is 1. The topological polar surface area (TPSA) is 45.6 Å². The number of carbonyl (C=O) groups excluding carboxylic acids is 2. The van der Waals surface area contributed by atoms with Crippen LogP contribution in [0.15, 0.2) is 66.9 Å². The van der Waals surface area contributed by atoms with E-state index >= 15 is 0 Å². The highest BCUT2D eigenvalue weighted by atomic mass is 19.4. The third-order valence-corrected chi connectivity index (χ3v) is 6.15. The van der Waals surface area contributed by atoms with Crippen LogP contribution in [0, 0.1) is 5.82 Å². The summed E-state index contributed by atoms with van der Waals surface area (Å²) in [5.41, 5.74) is 0.339. The van der Waals surface area contributed by atoms with Crippen molar-refractivity contribution in [2.24, 2.45) is 0 Å². The lowest BCUT2D eigenvalue weighted by Crippen LogP contribution is -2.49. The largest absolute Gasteiger partial charge is 0.416 e. The monoisotopic (exact) mass is 487 g/mol. The highest BCUT2D eigenvalue weighted by Crippen LogP contribution is 2.33. The van der Waals surface area contributed by atoms with E-state index in [0.29, 0.717) is 18.7 Å². The molecule has 2 amide bonds. The molecule has 4 rings (SSSR count). The number of carbonyl (C=O) groups is 2. The SMILES string of the molecule is CC(C)N(CC(=O)N1CCn2cccc2C1c1cccc(F)c1)C(=O)c1cccc(C(F)(F)F)c1. The Labute approximate surface area is 200 Å². The first kappa shape index (κ1) is 24.5. The third kappa shape index (κ3) is 5.08. The highest BCUT2D eigenvalue weighted by Gasteiger charge is 2.35. The second kappa shape index (κ2) is 9.56. The van der Waals surface area contributed by atoms with E-state index in [-0.39, 0.29) is 18.0 Å². The summed E-state index contributed by atoms with van der Waals surface area (Å²) in [6, 6.07) is 12.9. The van der Waals surface area contributed by atoms with Gasteiger partial charge >= 0.3 is 6.18 Å². The van der Waals surface area contributed by atoms with E-state index in [4.69, 9.17) is 0 Å². The molecular formula is C26H25F4N3O2. The Bertz CT molecular complexity index is 1240. The van der Waals surface area contributed by atoms with Crippen LogP contribution in [0.3, 0.4) is 0 Å². The molecule has 0 N–H and O–H groups in total. The van der Waals surface area contributed by atoms with Gasteiger partial charge in [-0.1, -0.05) is 18.2 Å². The number of nitrogens with zero attached hydrogens (tertiary/aromatic N) is 3. The fourth-order valence-corrected chi connectivity index (χ4v) is 4.40. The second-order valence-corrected chi connectivity index (χ2v) is 8.78. The van der Waals surface area contributed by atoms with Crippen LogP contribution in [0.1, 0.15) is 47.1 Å². The van der Waals surface area contributed by atoms with E-state index in [9.17, 15) is 27.2 Å². The van der Waals surface area contributed by atoms with Gasteiger partial charge in [0.25, 0.3) is 5.91 Å².